The van der Waals surface area contributed by atoms with E-state index in [9.17, 15) is 13.9 Å². The maximum absolute atomic E-state index is 13.8. The van der Waals surface area contributed by atoms with Crippen LogP contribution in [0.4, 0.5) is 8.78 Å². The van der Waals surface area contributed by atoms with E-state index < -0.39 is 17.7 Å². The highest BCUT2D eigenvalue weighted by atomic mass is 19.2. The molecule has 1 unspecified atom stereocenters. The Kier molecular flexibility index (Phi) is 3.96. The molecule has 1 atom stereocenters. The first-order chi connectivity index (χ1) is 9.04. The van der Waals surface area contributed by atoms with Crippen molar-refractivity contribution in [2.45, 2.75) is 26.4 Å². The lowest BCUT2D eigenvalue weighted by atomic mass is 9.98. The van der Waals surface area contributed by atoms with Crippen molar-refractivity contribution in [1.29, 1.82) is 0 Å². The molecule has 0 saturated heterocycles. The number of aryl methyl sites for hydroxylation is 2. The summed E-state index contributed by atoms with van der Waals surface area (Å²) in [7, 11) is 0. The second kappa shape index (κ2) is 5.49. The van der Waals surface area contributed by atoms with E-state index in [1.807, 2.05) is 19.1 Å². The summed E-state index contributed by atoms with van der Waals surface area (Å²) in [6, 6.07) is 10.1. The van der Waals surface area contributed by atoms with Crippen molar-refractivity contribution >= 4 is 0 Å². The molecule has 0 aliphatic rings. The molecular weight excluding hydrogens is 246 g/mol. The summed E-state index contributed by atoms with van der Waals surface area (Å²) < 4.78 is 27.3. The Bertz CT molecular complexity index is 576. The van der Waals surface area contributed by atoms with Crippen LogP contribution in [0, 0.1) is 18.6 Å². The van der Waals surface area contributed by atoms with E-state index in [0.717, 1.165) is 12.0 Å². The lowest BCUT2D eigenvalue weighted by Crippen LogP contribution is -2.05. The van der Waals surface area contributed by atoms with Gasteiger partial charge in [-0.3, -0.25) is 0 Å². The van der Waals surface area contributed by atoms with Gasteiger partial charge in [0.05, 0.1) is 0 Å². The maximum Gasteiger partial charge on any atom is 0.165 e. The van der Waals surface area contributed by atoms with Crippen LogP contribution in [0.5, 0.6) is 0 Å². The van der Waals surface area contributed by atoms with Crippen LogP contribution in [0.3, 0.4) is 0 Å². The lowest BCUT2D eigenvalue weighted by Gasteiger charge is -2.14. The van der Waals surface area contributed by atoms with E-state index in [1.54, 1.807) is 12.1 Å². The normalized spacial score (nSPS) is 12.5. The molecule has 19 heavy (non-hydrogen) atoms. The molecule has 1 nitrogen and oxygen atoms in total. The molecule has 0 fully saturated rings. The second-order valence-electron chi connectivity index (χ2n) is 4.60. The van der Waals surface area contributed by atoms with Gasteiger partial charge in [-0.15, -0.1) is 0 Å². The van der Waals surface area contributed by atoms with Crippen LogP contribution in [0.25, 0.3) is 0 Å². The molecule has 0 aliphatic carbocycles. The monoisotopic (exact) mass is 262 g/mol. The van der Waals surface area contributed by atoms with E-state index in [1.165, 1.54) is 19.1 Å². The van der Waals surface area contributed by atoms with Crippen molar-refractivity contribution in [2.75, 3.05) is 0 Å². The van der Waals surface area contributed by atoms with Gasteiger partial charge in [0.1, 0.15) is 6.10 Å². The fraction of sp³-hybridized carbons (Fsp3) is 0.250. The smallest absolute Gasteiger partial charge is 0.165 e. The summed E-state index contributed by atoms with van der Waals surface area (Å²) in [4.78, 5) is 0. The Balaban J connectivity index is 2.38. The number of aliphatic hydroxyl groups excluding tert-OH is 1. The fourth-order valence-corrected chi connectivity index (χ4v) is 1.99. The highest BCUT2D eigenvalue weighted by Gasteiger charge is 2.18. The fourth-order valence-electron chi connectivity index (χ4n) is 1.99. The summed E-state index contributed by atoms with van der Waals surface area (Å²) in [5.41, 5.74) is 1.88. The van der Waals surface area contributed by atoms with Crippen LogP contribution in [-0.4, -0.2) is 5.11 Å². The predicted molar refractivity (Wildman–Crippen MR) is 71.0 cm³/mol. The van der Waals surface area contributed by atoms with Crippen molar-refractivity contribution in [1.82, 2.24) is 0 Å². The molecule has 2 aromatic rings. The molecule has 2 rings (SSSR count). The van der Waals surface area contributed by atoms with Gasteiger partial charge in [-0.2, -0.15) is 0 Å². The quantitative estimate of drug-likeness (QED) is 0.889. The molecule has 0 bridgehead atoms. The lowest BCUT2D eigenvalue weighted by molar-refractivity contribution is 0.213. The van der Waals surface area contributed by atoms with Crippen LogP contribution >= 0.6 is 0 Å². The predicted octanol–water partition coefficient (Wildman–Crippen LogP) is 3.92. The number of hydrogen-bond acceptors (Lipinski definition) is 1. The number of halogens is 2. The SMILES string of the molecule is CCc1ccc(C(O)c2ccc(C)c(F)c2F)cc1. The number of aliphatic hydroxyl groups is 1. The Morgan fingerprint density at radius 1 is 1.00 bits per heavy atom. The van der Waals surface area contributed by atoms with Crippen LogP contribution in [0.15, 0.2) is 36.4 Å². The first-order valence-corrected chi connectivity index (χ1v) is 6.26. The number of hydrogen-bond donors (Lipinski definition) is 1. The highest BCUT2D eigenvalue weighted by molar-refractivity contribution is 5.34. The van der Waals surface area contributed by atoms with Gasteiger partial charge >= 0.3 is 0 Å². The van der Waals surface area contributed by atoms with Crippen molar-refractivity contribution in [3.8, 4) is 0 Å². The Labute approximate surface area is 111 Å². The average Bonchev–Trinajstić information content (AvgIpc) is 2.44. The molecule has 0 radical (unpaired) electrons. The van der Waals surface area contributed by atoms with E-state index in [0.29, 0.717) is 5.56 Å². The molecule has 100 valence electrons. The molecule has 0 aromatic heterocycles. The number of benzene rings is 2. The average molecular weight is 262 g/mol. The van der Waals surface area contributed by atoms with Gasteiger partial charge < -0.3 is 5.11 Å². The molecule has 1 N–H and O–H groups in total. The molecule has 0 saturated carbocycles. The maximum atomic E-state index is 13.8. The van der Waals surface area contributed by atoms with Crippen LogP contribution < -0.4 is 0 Å². The third-order valence-corrected chi connectivity index (χ3v) is 3.30. The minimum absolute atomic E-state index is 0.0349. The van der Waals surface area contributed by atoms with E-state index in [4.69, 9.17) is 0 Å². The Morgan fingerprint density at radius 3 is 2.21 bits per heavy atom. The van der Waals surface area contributed by atoms with Gasteiger partial charge in [0.15, 0.2) is 11.6 Å². The minimum Gasteiger partial charge on any atom is -0.384 e. The van der Waals surface area contributed by atoms with Gasteiger partial charge in [0.25, 0.3) is 0 Å². The summed E-state index contributed by atoms with van der Waals surface area (Å²) >= 11 is 0. The third-order valence-electron chi connectivity index (χ3n) is 3.30. The van der Waals surface area contributed by atoms with Crippen LogP contribution in [-0.2, 0) is 6.42 Å². The Hall–Kier alpha value is -1.74. The largest absolute Gasteiger partial charge is 0.384 e. The van der Waals surface area contributed by atoms with E-state index in [2.05, 4.69) is 0 Å². The van der Waals surface area contributed by atoms with Crippen molar-refractivity contribution in [3.63, 3.8) is 0 Å². The molecule has 2 aromatic carbocycles. The van der Waals surface area contributed by atoms with Gasteiger partial charge in [-0.05, 0) is 30.0 Å². The Morgan fingerprint density at radius 2 is 1.63 bits per heavy atom. The van der Waals surface area contributed by atoms with Gasteiger partial charge in [0, 0.05) is 5.56 Å². The van der Waals surface area contributed by atoms with E-state index in [-0.39, 0.29) is 11.1 Å². The molecule has 0 heterocycles. The van der Waals surface area contributed by atoms with Gasteiger partial charge in [0.2, 0.25) is 0 Å². The van der Waals surface area contributed by atoms with Crippen molar-refractivity contribution < 1.29 is 13.9 Å². The first-order valence-electron chi connectivity index (χ1n) is 6.26. The topological polar surface area (TPSA) is 20.2 Å². The molecular formula is C16H16F2O. The zero-order chi connectivity index (χ0) is 14.0. The molecule has 3 heteroatoms. The zero-order valence-corrected chi connectivity index (χ0v) is 11.0. The van der Waals surface area contributed by atoms with Gasteiger partial charge in [-0.25, -0.2) is 8.78 Å². The third kappa shape index (κ3) is 2.66. The second-order valence-corrected chi connectivity index (χ2v) is 4.60. The van der Waals surface area contributed by atoms with E-state index >= 15 is 0 Å². The van der Waals surface area contributed by atoms with Crippen LogP contribution in [0.1, 0.15) is 35.3 Å². The number of rotatable bonds is 3. The van der Waals surface area contributed by atoms with Crippen molar-refractivity contribution in [3.05, 3.63) is 70.3 Å². The highest BCUT2D eigenvalue weighted by Crippen LogP contribution is 2.27. The summed E-state index contributed by atoms with van der Waals surface area (Å²) in [5.74, 6) is -1.88. The van der Waals surface area contributed by atoms with Gasteiger partial charge in [-0.1, -0.05) is 43.3 Å². The summed E-state index contributed by atoms with van der Waals surface area (Å²) in [6.45, 7) is 3.52. The zero-order valence-electron chi connectivity index (χ0n) is 11.0. The molecule has 0 amide bonds. The summed E-state index contributed by atoms with van der Waals surface area (Å²) in [6.07, 6.45) is -0.259. The van der Waals surface area contributed by atoms with Crippen LogP contribution in [0.2, 0.25) is 0 Å². The first kappa shape index (κ1) is 13.7. The van der Waals surface area contributed by atoms with Crippen molar-refractivity contribution in [2.24, 2.45) is 0 Å². The molecule has 0 spiro atoms. The minimum atomic E-state index is -1.15. The summed E-state index contributed by atoms with van der Waals surface area (Å²) in [5, 5.41) is 10.1. The standard InChI is InChI=1S/C16H16F2O/c1-3-11-5-7-12(8-6-11)16(19)13-9-4-10(2)14(17)15(13)18/h4-9,16,19H,3H2,1-2H3. The molecule has 0 aliphatic heterocycles.